The van der Waals surface area contributed by atoms with E-state index < -0.39 is 10.0 Å². The van der Waals surface area contributed by atoms with Gasteiger partial charge in [-0.25, -0.2) is 12.8 Å². The summed E-state index contributed by atoms with van der Waals surface area (Å²) in [6.45, 7) is 1.97. The van der Waals surface area contributed by atoms with Gasteiger partial charge in [-0.15, -0.1) is 0 Å². The number of morpholine rings is 1. The number of halogens is 1. The number of nitrogens with one attached hydrogen (secondary N) is 1. The Balaban J connectivity index is 2.04. The molecule has 6 nitrogen and oxygen atoms in total. The fourth-order valence-electron chi connectivity index (χ4n) is 2.05. The number of hydrogen-bond donors (Lipinski definition) is 2. The molecule has 3 N–H and O–H groups in total. The first-order valence-corrected chi connectivity index (χ1v) is 8.42. The van der Waals surface area contributed by atoms with Gasteiger partial charge in [0.05, 0.1) is 24.4 Å². The van der Waals surface area contributed by atoms with E-state index in [1.165, 1.54) is 16.4 Å². The van der Waals surface area contributed by atoms with E-state index in [9.17, 15) is 12.8 Å². The highest BCUT2D eigenvalue weighted by molar-refractivity contribution is 7.89. The lowest BCUT2D eigenvalue weighted by Gasteiger charge is -2.26. The van der Waals surface area contributed by atoms with Crippen molar-refractivity contribution in [3.8, 4) is 0 Å². The molecular formula is C14H20FN3O3S. The van der Waals surface area contributed by atoms with Crippen molar-refractivity contribution in [1.82, 2.24) is 4.31 Å². The minimum atomic E-state index is -3.49. The molecule has 2 rings (SSSR count). The fourth-order valence-corrected chi connectivity index (χ4v) is 3.46. The molecule has 122 valence electrons. The van der Waals surface area contributed by atoms with Crippen LogP contribution in [0.25, 0.3) is 0 Å². The maximum Gasteiger partial charge on any atom is 0.243 e. The summed E-state index contributed by atoms with van der Waals surface area (Å²) in [4.78, 5) is 0.236. The minimum absolute atomic E-state index is 0.132. The van der Waals surface area contributed by atoms with E-state index in [1.807, 2.05) is 0 Å². The number of nitrogens with two attached hydrogens (primary N) is 1. The quantitative estimate of drug-likeness (QED) is 0.811. The molecule has 1 aliphatic heterocycles. The predicted octanol–water partition coefficient (Wildman–Crippen LogP) is 0.931. The number of nitrogens with zero attached hydrogens (tertiary/aromatic N) is 1. The highest BCUT2D eigenvalue weighted by Crippen LogP contribution is 2.19. The van der Waals surface area contributed by atoms with Crippen LogP contribution in [0.1, 0.15) is 0 Å². The Morgan fingerprint density at radius 3 is 2.50 bits per heavy atom. The van der Waals surface area contributed by atoms with E-state index in [0.29, 0.717) is 43.9 Å². The normalized spacial score (nSPS) is 17.5. The third kappa shape index (κ3) is 4.04. The molecule has 0 unspecified atom stereocenters. The average molecular weight is 329 g/mol. The SMILES string of the molecule is NC/C(=C\F)CNc1ccc(S(=O)(=O)N2CCOCC2)cc1. The Morgan fingerprint density at radius 1 is 1.32 bits per heavy atom. The molecule has 0 aliphatic carbocycles. The minimum Gasteiger partial charge on any atom is -0.381 e. The fraction of sp³-hybridized carbons (Fsp3) is 0.429. The summed E-state index contributed by atoms with van der Waals surface area (Å²) < 4.78 is 43.9. The molecule has 1 aromatic carbocycles. The zero-order valence-electron chi connectivity index (χ0n) is 12.2. The van der Waals surface area contributed by atoms with Crippen molar-refractivity contribution in [3.63, 3.8) is 0 Å². The molecular weight excluding hydrogens is 309 g/mol. The number of sulfonamides is 1. The summed E-state index contributed by atoms with van der Waals surface area (Å²) in [5.74, 6) is 0. The maximum atomic E-state index is 12.4. The van der Waals surface area contributed by atoms with Crippen molar-refractivity contribution in [1.29, 1.82) is 0 Å². The van der Waals surface area contributed by atoms with Crippen LogP contribution in [0.15, 0.2) is 41.1 Å². The number of ether oxygens (including phenoxy) is 1. The molecule has 1 fully saturated rings. The van der Waals surface area contributed by atoms with E-state index in [1.54, 1.807) is 12.1 Å². The monoisotopic (exact) mass is 329 g/mol. The zero-order chi connectivity index (χ0) is 16.0. The lowest BCUT2D eigenvalue weighted by atomic mass is 10.2. The first-order valence-electron chi connectivity index (χ1n) is 6.98. The second-order valence-corrected chi connectivity index (χ2v) is 6.80. The van der Waals surface area contributed by atoms with Gasteiger partial charge in [0.2, 0.25) is 10.0 Å². The summed E-state index contributed by atoms with van der Waals surface area (Å²) >= 11 is 0. The van der Waals surface area contributed by atoms with Gasteiger partial charge in [-0.2, -0.15) is 4.31 Å². The van der Waals surface area contributed by atoms with Crippen molar-refractivity contribution in [2.75, 3.05) is 44.7 Å². The van der Waals surface area contributed by atoms with Gasteiger partial charge in [-0.3, -0.25) is 0 Å². The molecule has 1 saturated heterocycles. The van der Waals surface area contributed by atoms with Gasteiger partial charge in [-0.1, -0.05) is 0 Å². The Labute approximate surface area is 129 Å². The van der Waals surface area contributed by atoms with Crippen LogP contribution in [-0.2, 0) is 14.8 Å². The molecule has 1 aromatic rings. The van der Waals surface area contributed by atoms with E-state index in [4.69, 9.17) is 10.5 Å². The second kappa shape index (κ2) is 7.68. The van der Waals surface area contributed by atoms with Crippen molar-refractivity contribution >= 4 is 15.7 Å². The molecule has 0 bridgehead atoms. The molecule has 0 atom stereocenters. The lowest BCUT2D eigenvalue weighted by molar-refractivity contribution is 0.0730. The maximum absolute atomic E-state index is 12.4. The molecule has 0 spiro atoms. The van der Waals surface area contributed by atoms with Gasteiger partial charge in [0.25, 0.3) is 0 Å². The van der Waals surface area contributed by atoms with Gasteiger partial charge >= 0.3 is 0 Å². The summed E-state index contributed by atoms with van der Waals surface area (Å²) in [6, 6.07) is 6.38. The Bertz CT molecular complexity index is 611. The van der Waals surface area contributed by atoms with Crippen LogP contribution in [0, 0.1) is 0 Å². The topological polar surface area (TPSA) is 84.7 Å². The predicted molar refractivity (Wildman–Crippen MR) is 82.8 cm³/mol. The summed E-state index contributed by atoms with van der Waals surface area (Å²) in [5, 5.41) is 2.99. The molecule has 22 heavy (non-hydrogen) atoms. The standard InChI is InChI=1S/C14H20FN3O3S/c15-9-12(10-16)11-17-13-1-3-14(4-2-13)22(19,20)18-5-7-21-8-6-18/h1-4,9,17H,5-8,10-11,16H2/b12-9+. The highest BCUT2D eigenvalue weighted by atomic mass is 32.2. The summed E-state index contributed by atoms with van der Waals surface area (Å²) in [7, 11) is -3.49. The molecule has 0 radical (unpaired) electrons. The Morgan fingerprint density at radius 2 is 1.95 bits per heavy atom. The molecule has 8 heteroatoms. The molecule has 1 aliphatic rings. The van der Waals surface area contributed by atoms with E-state index in [0.717, 1.165) is 0 Å². The van der Waals surface area contributed by atoms with Crippen LogP contribution in [0.4, 0.5) is 10.1 Å². The Hall–Kier alpha value is -1.48. The molecule has 0 saturated carbocycles. The first kappa shape index (κ1) is 16.9. The van der Waals surface area contributed by atoms with Crippen molar-refractivity contribution < 1.29 is 17.5 Å². The number of hydrogen-bond acceptors (Lipinski definition) is 5. The van der Waals surface area contributed by atoms with E-state index >= 15 is 0 Å². The van der Waals surface area contributed by atoms with Crippen molar-refractivity contribution in [3.05, 3.63) is 36.2 Å². The van der Waals surface area contributed by atoms with Gasteiger partial charge in [0, 0.05) is 31.9 Å². The van der Waals surface area contributed by atoms with Gasteiger partial charge in [0.1, 0.15) is 0 Å². The van der Waals surface area contributed by atoms with E-state index in [-0.39, 0.29) is 18.0 Å². The van der Waals surface area contributed by atoms with Crippen LogP contribution in [-0.4, -0.2) is 52.1 Å². The van der Waals surface area contributed by atoms with Crippen LogP contribution in [0.5, 0.6) is 0 Å². The van der Waals surface area contributed by atoms with Gasteiger partial charge in [-0.05, 0) is 29.8 Å². The molecule has 0 amide bonds. The van der Waals surface area contributed by atoms with Crippen LogP contribution < -0.4 is 11.1 Å². The zero-order valence-corrected chi connectivity index (χ0v) is 13.0. The number of benzene rings is 1. The van der Waals surface area contributed by atoms with Gasteiger partial charge in [0.15, 0.2) is 0 Å². The van der Waals surface area contributed by atoms with Gasteiger partial charge < -0.3 is 15.8 Å². The first-order chi connectivity index (χ1) is 10.6. The van der Waals surface area contributed by atoms with Crippen LogP contribution in [0.3, 0.4) is 0 Å². The lowest BCUT2D eigenvalue weighted by Crippen LogP contribution is -2.40. The number of anilines is 1. The summed E-state index contributed by atoms with van der Waals surface area (Å²) in [6.07, 6.45) is 0.476. The second-order valence-electron chi connectivity index (χ2n) is 4.87. The number of rotatable bonds is 6. The third-order valence-corrected chi connectivity index (χ3v) is 5.31. The van der Waals surface area contributed by atoms with Crippen LogP contribution in [0.2, 0.25) is 0 Å². The third-order valence-electron chi connectivity index (χ3n) is 3.40. The highest BCUT2D eigenvalue weighted by Gasteiger charge is 2.25. The van der Waals surface area contributed by atoms with Crippen molar-refractivity contribution in [2.45, 2.75) is 4.90 Å². The molecule has 0 aromatic heterocycles. The average Bonchev–Trinajstić information content (AvgIpc) is 2.57. The van der Waals surface area contributed by atoms with E-state index in [2.05, 4.69) is 5.32 Å². The summed E-state index contributed by atoms with van der Waals surface area (Å²) in [5.41, 5.74) is 6.51. The molecule has 1 heterocycles. The van der Waals surface area contributed by atoms with Crippen molar-refractivity contribution in [2.24, 2.45) is 5.73 Å². The Kier molecular flexibility index (Phi) is 5.90. The largest absolute Gasteiger partial charge is 0.381 e. The smallest absolute Gasteiger partial charge is 0.243 e. The van der Waals surface area contributed by atoms with Crippen LogP contribution >= 0.6 is 0 Å².